The number of fused-ring (bicyclic) bond motifs is 3. The zero-order valence-electron chi connectivity index (χ0n) is 9.29. The van der Waals surface area contributed by atoms with Gasteiger partial charge in [0.2, 0.25) is 0 Å². The van der Waals surface area contributed by atoms with E-state index in [9.17, 15) is 0 Å². The summed E-state index contributed by atoms with van der Waals surface area (Å²) in [5.41, 5.74) is 5.60. The highest BCUT2D eigenvalue weighted by Crippen LogP contribution is 2.37. The maximum Gasteiger partial charge on any atom is 0.119 e. The van der Waals surface area contributed by atoms with Crippen molar-refractivity contribution in [2.45, 2.75) is 13.5 Å². The molecule has 0 saturated carbocycles. The summed E-state index contributed by atoms with van der Waals surface area (Å²) in [4.78, 5) is 0. The Labute approximate surface area is 93.6 Å². The number of anilines is 1. The molecular weight excluding hydrogens is 202 g/mol. The minimum atomic E-state index is 0.830. The highest BCUT2D eigenvalue weighted by molar-refractivity contribution is 5.81. The van der Waals surface area contributed by atoms with Crippen LogP contribution in [0, 0.1) is 6.92 Å². The molecule has 4 heteroatoms. The molecule has 1 aromatic heterocycles. The normalized spacial score (nSPS) is 12.6. The summed E-state index contributed by atoms with van der Waals surface area (Å²) in [5, 5.41) is 10.8. The lowest BCUT2D eigenvalue weighted by Crippen LogP contribution is -2.08. The molecule has 16 heavy (non-hydrogen) atoms. The Morgan fingerprint density at radius 2 is 2.25 bits per heavy atom. The molecule has 0 bridgehead atoms. The van der Waals surface area contributed by atoms with Gasteiger partial charge in [0.25, 0.3) is 0 Å². The highest BCUT2D eigenvalue weighted by Gasteiger charge is 2.20. The van der Waals surface area contributed by atoms with Gasteiger partial charge in [-0.25, -0.2) is 0 Å². The van der Waals surface area contributed by atoms with Crippen molar-refractivity contribution in [3.05, 3.63) is 29.5 Å². The van der Waals surface area contributed by atoms with E-state index >= 15 is 0 Å². The number of hydrogen-bond donors (Lipinski definition) is 2. The van der Waals surface area contributed by atoms with Gasteiger partial charge in [-0.3, -0.25) is 5.10 Å². The number of methoxy groups -OCH3 is 1. The summed E-state index contributed by atoms with van der Waals surface area (Å²) in [7, 11) is 1.68. The maximum atomic E-state index is 5.24. The van der Waals surface area contributed by atoms with Gasteiger partial charge in [0.15, 0.2) is 0 Å². The number of benzene rings is 1. The molecule has 0 atom stereocenters. The number of nitrogens with one attached hydrogen (secondary N) is 2. The molecule has 0 fully saturated rings. The first kappa shape index (κ1) is 9.27. The number of hydrogen-bond acceptors (Lipinski definition) is 3. The molecule has 1 aliphatic heterocycles. The third kappa shape index (κ3) is 1.19. The van der Waals surface area contributed by atoms with Gasteiger partial charge in [0.05, 0.1) is 12.8 Å². The summed E-state index contributed by atoms with van der Waals surface area (Å²) in [6.07, 6.45) is 0. The Balaban J connectivity index is 2.22. The lowest BCUT2D eigenvalue weighted by molar-refractivity contribution is 0.415. The van der Waals surface area contributed by atoms with Crippen LogP contribution in [-0.4, -0.2) is 17.3 Å². The highest BCUT2D eigenvalue weighted by atomic mass is 16.5. The first-order chi connectivity index (χ1) is 7.79. The van der Waals surface area contributed by atoms with E-state index in [1.807, 2.05) is 25.1 Å². The van der Waals surface area contributed by atoms with Crippen molar-refractivity contribution < 1.29 is 4.74 Å². The molecule has 0 unspecified atom stereocenters. The number of ether oxygens (including phenoxy) is 1. The van der Waals surface area contributed by atoms with Gasteiger partial charge in [-0.05, 0) is 25.1 Å². The van der Waals surface area contributed by atoms with E-state index in [0.717, 1.165) is 34.9 Å². The number of aromatic amines is 1. The van der Waals surface area contributed by atoms with Gasteiger partial charge >= 0.3 is 0 Å². The van der Waals surface area contributed by atoms with Crippen LogP contribution in [0.3, 0.4) is 0 Å². The van der Waals surface area contributed by atoms with Gasteiger partial charge in [0.1, 0.15) is 5.75 Å². The predicted molar refractivity (Wildman–Crippen MR) is 62.6 cm³/mol. The molecule has 3 rings (SSSR count). The second-order valence-corrected chi connectivity index (χ2v) is 3.94. The van der Waals surface area contributed by atoms with Crippen LogP contribution in [0.25, 0.3) is 11.3 Å². The number of nitrogens with zero attached hydrogens (tertiary/aromatic N) is 1. The van der Waals surface area contributed by atoms with Crippen LogP contribution >= 0.6 is 0 Å². The lowest BCUT2D eigenvalue weighted by Gasteiger charge is -2.18. The van der Waals surface area contributed by atoms with E-state index in [1.54, 1.807) is 7.11 Å². The molecule has 1 aromatic carbocycles. The monoisotopic (exact) mass is 215 g/mol. The van der Waals surface area contributed by atoms with E-state index in [2.05, 4.69) is 15.5 Å². The van der Waals surface area contributed by atoms with Crippen molar-refractivity contribution in [3.63, 3.8) is 0 Å². The Morgan fingerprint density at radius 1 is 1.38 bits per heavy atom. The number of aromatic nitrogens is 2. The van der Waals surface area contributed by atoms with Crippen LogP contribution in [0.2, 0.25) is 0 Å². The number of aryl methyl sites for hydroxylation is 1. The maximum absolute atomic E-state index is 5.24. The first-order valence-electron chi connectivity index (χ1n) is 5.25. The third-order valence-corrected chi connectivity index (χ3v) is 3.01. The van der Waals surface area contributed by atoms with Gasteiger partial charge in [-0.1, -0.05) is 0 Å². The molecular formula is C12H13N3O. The van der Waals surface area contributed by atoms with Crippen molar-refractivity contribution in [2.24, 2.45) is 0 Å². The summed E-state index contributed by atoms with van der Waals surface area (Å²) in [6.45, 7) is 2.87. The van der Waals surface area contributed by atoms with E-state index in [0.29, 0.717) is 0 Å². The number of rotatable bonds is 1. The van der Waals surface area contributed by atoms with Crippen molar-refractivity contribution in [3.8, 4) is 17.0 Å². The molecule has 0 amide bonds. The molecule has 0 saturated heterocycles. The van der Waals surface area contributed by atoms with Gasteiger partial charge < -0.3 is 10.1 Å². The van der Waals surface area contributed by atoms with Crippen LogP contribution < -0.4 is 10.1 Å². The average molecular weight is 215 g/mol. The second kappa shape index (κ2) is 3.27. The largest absolute Gasteiger partial charge is 0.497 e. The Hall–Kier alpha value is -1.97. The minimum Gasteiger partial charge on any atom is -0.497 e. The molecule has 2 heterocycles. The fraction of sp³-hybridized carbons (Fsp3) is 0.250. The van der Waals surface area contributed by atoms with Crippen molar-refractivity contribution in [1.82, 2.24) is 10.2 Å². The molecule has 2 aromatic rings. The summed E-state index contributed by atoms with van der Waals surface area (Å²) in [5.74, 6) is 0.856. The summed E-state index contributed by atoms with van der Waals surface area (Å²) in [6, 6.07) is 6.00. The minimum absolute atomic E-state index is 0.830. The van der Waals surface area contributed by atoms with Crippen LogP contribution in [0.4, 0.5) is 5.69 Å². The zero-order valence-corrected chi connectivity index (χ0v) is 9.29. The number of H-pyrrole nitrogens is 1. The Morgan fingerprint density at radius 3 is 3.06 bits per heavy atom. The van der Waals surface area contributed by atoms with E-state index in [1.165, 1.54) is 5.56 Å². The lowest BCUT2D eigenvalue weighted by atomic mass is 10.00. The van der Waals surface area contributed by atoms with Crippen LogP contribution in [0.5, 0.6) is 5.75 Å². The smallest absolute Gasteiger partial charge is 0.119 e. The third-order valence-electron chi connectivity index (χ3n) is 3.01. The van der Waals surface area contributed by atoms with Crippen molar-refractivity contribution in [2.75, 3.05) is 12.4 Å². The van der Waals surface area contributed by atoms with Crippen LogP contribution in [0.15, 0.2) is 18.2 Å². The fourth-order valence-corrected chi connectivity index (χ4v) is 2.08. The average Bonchev–Trinajstić information content (AvgIpc) is 2.71. The molecule has 2 N–H and O–H groups in total. The van der Waals surface area contributed by atoms with Gasteiger partial charge in [0, 0.05) is 29.1 Å². The van der Waals surface area contributed by atoms with E-state index < -0.39 is 0 Å². The first-order valence-corrected chi connectivity index (χ1v) is 5.25. The van der Waals surface area contributed by atoms with E-state index in [4.69, 9.17) is 4.74 Å². The van der Waals surface area contributed by atoms with Gasteiger partial charge in [-0.15, -0.1) is 0 Å². The predicted octanol–water partition coefficient (Wildman–Crippen LogP) is 2.32. The van der Waals surface area contributed by atoms with E-state index in [-0.39, 0.29) is 0 Å². The molecule has 0 aliphatic carbocycles. The summed E-state index contributed by atoms with van der Waals surface area (Å²) < 4.78 is 5.24. The topological polar surface area (TPSA) is 49.9 Å². The van der Waals surface area contributed by atoms with Gasteiger partial charge in [-0.2, -0.15) is 5.10 Å². The molecule has 0 radical (unpaired) electrons. The Kier molecular flexibility index (Phi) is 1.89. The summed E-state index contributed by atoms with van der Waals surface area (Å²) >= 11 is 0. The SMILES string of the molecule is COc1ccc2c(c1)-c1n[nH]c(C)c1CN2. The molecule has 4 nitrogen and oxygen atoms in total. The quantitative estimate of drug-likeness (QED) is 0.767. The molecule has 1 aliphatic rings. The standard InChI is InChI=1S/C12H13N3O/c1-7-10-6-13-11-4-3-8(16-2)5-9(11)12(10)15-14-7/h3-5,13H,6H2,1-2H3,(H,14,15). The van der Waals surface area contributed by atoms with Crippen LogP contribution in [0.1, 0.15) is 11.3 Å². The molecule has 82 valence electrons. The van der Waals surface area contributed by atoms with Crippen molar-refractivity contribution >= 4 is 5.69 Å². The molecule has 0 spiro atoms. The second-order valence-electron chi connectivity index (χ2n) is 3.94. The fourth-order valence-electron chi connectivity index (χ4n) is 2.08. The van der Waals surface area contributed by atoms with Crippen LogP contribution in [-0.2, 0) is 6.54 Å². The Bertz CT molecular complexity index is 545. The zero-order chi connectivity index (χ0) is 11.1. The van der Waals surface area contributed by atoms with Crippen molar-refractivity contribution in [1.29, 1.82) is 0 Å².